The maximum absolute atomic E-state index is 12.3. The largest absolute Gasteiger partial charge is 0.493 e. The number of nitrogens with zero attached hydrogens (tertiary/aromatic N) is 1. The van der Waals surface area contributed by atoms with Crippen molar-refractivity contribution in [3.05, 3.63) is 33.1 Å². The summed E-state index contributed by atoms with van der Waals surface area (Å²) in [5.74, 6) is -0.537. The molecule has 0 saturated carbocycles. The number of imide groups is 1. The zero-order valence-electron chi connectivity index (χ0n) is 13.2. The van der Waals surface area contributed by atoms with Gasteiger partial charge in [0.2, 0.25) is 0 Å². The van der Waals surface area contributed by atoms with Gasteiger partial charge < -0.3 is 9.47 Å². The average molecular weight is 414 g/mol. The third-order valence-electron chi connectivity index (χ3n) is 3.11. The Kier molecular flexibility index (Phi) is 6.44. The number of halogens is 1. The summed E-state index contributed by atoms with van der Waals surface area (Å²) in [5.41, 5.74) is 0.682. The van der Waals surface area contributed by atoms with E-state index >= 15 is 0 Å². The number of amides is 2. The normalized spacial score (nSPS) is 16.0. The second-order valence-electron chi connectivity index (χ2n) is 4.87. The van der Waals surface area contributed by atoms with Gasteiger partial charge in [-0.3, -0.25) is 19.3 Å². The lowest BCUT2D eigenvalue weighted by Gasteiger charge is -2.10. The van der Waals surface area contributed by atoms with Gasteiger partial charge in [0, 0.05) is 10.0 Å². The fourth-order valence-corrected chi connectivity index (χ4v) is 3.15. The second kappa shape index (κ2) is 8.34. The molecule has 0 unspecified atom stereocenters. The Balaban J connectivity index is 2.28. The van der Waals surface area contributed by atoms with Gasteiger partial charge in [-0.15, -0.1) is 0 Å². The summed E-state index contributed by atoms with van der Waals surface area (Å²) in [6, 6.07) is 5.44. The predicted octanol–water partition coefficient (Wildman–Crippen LogP) is 3.45. The van der Waals surface area contributed by atoms with E-state index in [-0.39, 0.29) is 4.91 Å². The minimum atomic E-state index is -0.645. The number of rotatable bonds is 6. The molecule has 1 aromatic carbocycles. The van der Waals surface area contributed by atoms with Crippen LogP contribution in [0.3, 0.4) is 0 Å². The highest BCUT2D eigenvalue weighted by atomic mass is 79.9. The van der Waals surface area contributed by atoms with E-state index in [4.69, 9.17) is 4.74 Å². The Hall–Kier alpha value is -1.80. The van der Waals surface area contributed by atoms with E-state index in [1.165, 1.54) is 7.11 Å². The minimum absolute atomic E-state index is 0.239. The molecule has 1 fully saturated rings. The Morgan fingerprint density at radius 2 is 2.12 bits per heavy atom. The molecule has 1 heterocycles. The van der Waals surface area contributed by atoms with E-state index in [9.17, 15) is 14.4 Å². The maximum Gasteiger partial charge on any atom is 0.325 e. The average Bonchev–Trinajstić information content (AvgIpc) is 2.81. The quantitative estimate of drug-likeness (QED) is 0.525. The number of hydrogen-bond donors (Lipinski definition) is 0. The Morgan fingerprint density at radius 1 is 1.38 bits per heavy atom. The minimum Gasteiger partial charge on any atom is -0.493 e. The summed E-state index contributed by atoms with van der Waals surface area (Å²) < 4.78 is 11.0. The zero-order chi connectivity index (χ0) is 17.7. The summed E-state index contributed by atoms with van der Waals surface area (Å²) in [7, 11) is 1.20. The molecule has 2 rings (SSSR count). The van der Waals surface area contributed by atoms with Gasteiger partial charge in [-0.1, -0.05) is 22.9 Å². The summed E-state index contributed by atoms with van der Waals surface area (Å²) >= 11 is 4.17. The van der Waals surface area contributed by atoms with Gasteiger partial charge in [0.1, 0.15) is 12.3 Å². The van der Waals surface area contributed by atoms with Crippen LogP contribution >= 0.6 is 27.7 Å². The molecule has 1 aromatic rings. The highest BCUT2D eigenvalue weighted by Gasteiger charge is 2.36. The summed E-state index contributed by atoms with van der Waals surface area (Å²) in [6.07, 6.45) is 2.45. The zero-order valence-corrected chi connectivity index (χ0v) is 15.6. The van der Waals surface area contributed by atoms with Crippen LogP contribution in [0.2, 0.25) is 0 Å². The van der Waals surface area contributed by atoms with Gasteiger partial charge in [-0.25, -0.2) is 0 Å². The number of benzene rings is 1. The maximum atomic E-state index is 12.3. The predicted molar refractivity (Wildman–Crippen MR) is 94.6 cm³/mol. The van der Waals surface area contributed by atoms with Gasteiger partial charge in [-0.2, -0.15) is 0 Å². The van der Waals surface area contributed by atoms with Gasteiger partial charge in [0.25, 0.3) is 11.1 Å². The lowest BCUT2D eigenvalue weighted by Crippen LogP contribution is -2.34. The van der Waals surface area contributed by atoms with E-state index in [2.05, 4.69) is 20.7 Å². The van der Waals surface area contributed by atoms with Crippen molar-refractivity contribution in [2.75, 3.05) is 20.3 Å². The number of ether oxygens (including phenoxy) is 2. The monoisotopic (exact) mass is 413 g/mol. The highest BCUT2D eigenvalue weighted by Crippen LogP contribution is 2.34. The summed E-state index contributed by atoms with van der Waals surface area (Å²) in [5, 5.41) is -0.498. The molecule has 24 heavy (non-hydrogen) atoms. The molecule has 0 spiro atoms. The molecule has 8 heteroatoms. The third-order valence-corrected chi connectivity index (χ3v) is 4.51. The standard InChI is InChI=1S/C16H16BrNO5S/c1-3-6-23-12-5-4-11(17)7-10(12)8-13-15(20)18(16(21)24-13)9-14(19)22-2/h4-5,7-8H,3,6,9H2,1-2H3/b13-8+. The number of methoxy groups -OCH3 is 1. The van der Waals surface area contributed by atoms with Gasteiger partial charge in [0.05, 0.1) is 18.6 Å². The number of esters is 1. The van der Waals surface area contributed by atoms with Crippen molar-refractivity contribution in [1.82, 2.24) is 4.90 Å². The SMILES string of the molecule is CCCOc1ccc(Br)cc1/C=C1/SC(=O)N(CC(=O)OC)C1=O. The fourth-order valence-electron chi connectivity index (χ4n) is 1.95. The third kappa shape index (κ3) is 4.39. The Bertz CT molecular complexity index is 704. The van der Waals surface area contributed by atoms with Gasteiger partial charge >= 0.3 is 5.97 Å². The van der Waals surface area contributed by atoms with Gasteiger partial charge in [-0.05, 0) is 42.5 Å². The molecule has 2 amide bonds. The topological polar surface area (TPSA) is 72.9 Å². The van der Waals surface area contributed by atoms with Crippen molar-refractivity contribution in [1.29, 1.82) is 0 Å². The van der Waals surface area contributed by atoms with Crippen LogP contribution < -0.4 is 4.74 Å². The molecule has 1 aliphatic rings. The van der Waals surface area contributed by atoms with Crippen LogP contribution in [0, 0.1) is 0 Å². The van der Waals surface area contributed by atoms with Crippen molar-refractivity contribution in [2.45, 2.75) is 13.3 Å². The van der Waals surface area contributed by atoms with E-state index < -0.39 is 23.7 Å². The molecule has 0 aliphatic carbocycles. The molecule has 0 N–H and O–H groups in total. The smallest absolute Gasteiger partial charge is 0.325 e. The lowest BCUT2D eigenvalue weighted by atomic mass is 10.2. The molecule has 6 nitrogen and oxygen atoms in total. The number of carbonyl (C=O) groups is 3. The van der Waals surface area contributed by atoms with Crippen molar-refractivity contribution >= 4 is 50.9 Å². The first-order valence-corrected chi connectivity index (χ1v) is 8.81. The summed E-state index contributed by atoms with van der Waals surface area (Å²) in [4.78, 5) is 36.7. The Labute approximate surface area is 152 Å². The lowest BCUT2D eigenvalue weighted by molar-refractivity contribution is -0.143. The van der Waals surface area contributed by atoms with Crippen LogP contribution in [0.4, 0.5) is 4.79 Å². The molecule has 1 saturated heterocycles. The number of carbonyl (C=O) groups excluding carboxylic acids is 3. The van der Waals surface area contributed by atoms with Crippen LogP contribution in [0.5, 0.6) is 5.75 Å². The van der Waals surface area contributed by atoms with Crippen molar-refractivity contribution < 1.29 is 23.9 Å². The van der Waals surface area contributed by atoms with E-state index in [0.717, 1.165) is 27.6 Å². The first kappa shape index (κ1) is 18.5. The molecular weight excluding hydrogens is 398 g/mol. The molecule has 1 aliphatic heterocycles. The molecular formula is C16H16BrNO5S. The van der Waals surface area contributed by atoms with Crippen molar-refractivity contribution in [3.8, 4) is 5.75 Å². The first-order valence-electron chi connectivity index (χ1n) is 7.20. The van der Waals surface area contributed by atoms with Crippen molar-refractivity contribution in [3.63, 3.8) is 0 Å². The second-order valence-corrected chi connectivity index (χ2v) is 6.78. The molecule has 0 bridgehead atoms. The molecule has 128 valence electrons. The highest BCUT2D eigenvalue weighted by molar-refractivity contribution is 9.10. The van der Waals surface area contributed by atoms with Crippen LogP contribution in [-0.2, 0) is 14.3 Å². The van der Waals surface area contributed by atoms with E-state index in [1.807, 2.05) is 13.0 Å². The molecule has 0 radical (unpaired) electrons. The van der Waals surface area contributed by atoms with E-state index in [1.54, 1.807) is 18.2 Å². The van der Waals surface area contributed by atoms with E-state index in [0.29, 0.717) is 17.9 Å². The van der Waals surface area contributed by atoms with Crippen LogP contribution in [-0.4, -0.2) is 42.3 Å². The number of thioether (sulfide) groups is 1. The molecule has 0 aromatic heterocycles. The van der Waals surface area contributed by atoms with Crippen LogP contribution in [0.15, 0.2) is 27.6 Å². The summed E-state index contributed by atoms with van der Waals surface area (Å²) in [6.45, 7) is 2.15. The molecule has 0 atom stereocenters. The number of hydrogen-bond acceptors (Lipinski definition) is 6. The Morgan fingerprint density at radius 3 is 2.79 bits per heavy atom. The van der Waals surface area contributed by atoms with Crippen LogP contribution in [0.1, 0.15) is 18.9 Å². The first-order chi connectivity index (χ1) is 11.5. The van der Waals surface area contributed by atoms with Crippen molar-refractivity contribution in [2.24, 2.45) is 0 Å². The van der Waals surface area contributed by atoms with Crippen LogP contribution in [0.25, 0.3) is 6.08 Å². The fraction of sp³-hybridized carbons (Fsp3) is 0.312. The van der Waals surface area contributed by atoms with Gasteiger partial charge in [0.15, 0.2) is 0 Å².